The van der Waals surface area contributed by atoms with Crippen LogP contribution in [0.3, 0.4) is 0 Å². The van der Waals surface area contributed by atoms with Crippen molar-refractivity contribution in [3.05, 3.63) is 58.5 Å². The zero-order chi connectivity index (χ0) is 23.5. The summed E-state index contributed by atoms with van der Waals surface area (Å²) in [6, 6.07) is 11.9. The van der Waals surface area contributed by atoms with E-state index in [1.807, 2.05) is 33.5 Å². The van der Waals surface area contributed by atoms with Gasteiger partial charge >= 0.3 is 0 Å². The lowest BCUT2D eigenvalue weighted by atomic mass is 10.2. The third kappa shape index (κ3) is 4.85. The molecule has 0 aliphatic carbocycles. The molecule has 1 fully saturated rings. The van der Waals surface area contributed by atoms with E-state index in [4.69, 9.17) is 31.5 Å². The molecule has 0 bridgehead atoms. The fourth-order valence-electron chi connectivity index (χ4n) is 4.16. The Bertz CT molecular complexity index is 1270. The first kappa shape index (κ1) is 23.0. The Morgan fingerprint density at radius 3 is 2.53 bits per heavy atom. The average molecular weight is 497 g/mol. The summed E-state index contributed by atoms with van der Waals surface area (Å²) in [6.07, 6.45) is 1.67. The number of methoxy groups -OCH3 is 1. The third-order valence-electron chi connectivity index (χ3n) is 6.05. The number of hydrogen-bond donors (Lipinski definition) is 0. The summed E-state index contributed by atoms with van der Waals surface area (Å²) < 4.78 is 15.5. The monoisotopic (exact) mass is 496 g/mol. The topological polar surface area (TPSA) is 64.5 Å². The average Bonchev–Trinajstić information content (AvgIpc) is 3.62. The minimum absolute atomic E-state index is 0.686. The van der Waals surface area contributed by atoms with Gasteiger partial charge in [-0.2, -0.15) is 0 Å². The van der Waals surface area contributed by atoms with Crippen molar-refractivity contribution in [1.82, 2.24) is 29.1 Å². The molecule has 1 aromatic carbocycles. The normalized spacial score (nSPS) is 15.1. The SMILES string of the molecule is CCn1c(-c2ccco2)nn(CN2CCN(Cc3csc(-c4ccc(OC)cc4)n3)CC2)c1=S. The minimum atomic E-state index is 0.686. The lowest BCUT2D eigenvalue weighted by Crippen LogP contribution is -2.46. The number of ether oxygens (including phenoxy) is 1. The van der Waals surface area contributed by atoms with Crippen molar-refractivity contribution in [1.29, 1.82) is 0 Å². The zero-order valence-corrected chi connectivity index (χ0v) is 21.0. The molecule has 34 heavy (non-hydrogen) atoms. The molecule has 0 unspecified atom stereocenters. The van der Waals surface area contributed by atoms with Crippen LogP contribution in [0.1, 0.15) is 12.6 Å². The summed E-state index contributed by atoms with van der Waals surface area (Å²) in [6.45, 7) is 8.29. The molecule has 178 valence electrons. The Kier molecular flexibility index (Phi) is 6.91. The van der Waals surface area contributed by atoms with E-state index in [0.29, 0.717) is 6.67 Å². The van der Waals surface area contributed by atoms with Crippen LogP contribution in [0.4, 0.5) is 0 Å². The van der Waals surface area contributed by atoms with Gasteiger partial charge in [-0.15, -0.1) is 16.4 Å². The maximum Gasteiger partial charge on any atom is 0.199 e. The fraction of sp³-hybridized carbons (Fsp3) is 0.375. The highest BCUT2D eigenvalue weighted by Crippen LogP contribution is 2.26. The Morgan fingerprint density at radius 1 is 1.09 bits per heavy atom. The molecular weight excluding hydrogens is 468 g/mol. The number of rotatable bonds is 8. The third-order valence-corrected chi connectivity index (χ3v) is 7.43. The van der Waals surface area contributed by atoms with Crippen LogP contribution in [0.2, 0.25) is 0 Å². The highest BCUT2D eigenvalue weighted by atomic mass is 32.1. The van der Waals surface area contributed by atoms with Crippen molar-refractivity contribution in [3.8, 4) is 27.9 Å². The summed E-state index contributed by atoms with van der Waals surface area (Å²) >= 11 is 7.38. The maximum absolute atomic E-state index is 5.69. The predicted octanol–water partition coefficient (Wildman–Crippen LogP) is 4.60. The summed E-state index contributed by atoms with van der Waals surface area (Å²) in [7, 11) is 1.68. The molecule has 10 heteroatoms. The summed E-state index contributed by atoms with van der Waals surface area (Å²) in [5, 5.41) is 7.97. The largest absolute Gasteiger partial charge is 0.497 e. The van der Waals surface area contributed by atoms with Crippen molar-refractivity contribution in [2.75, 3.05) is 33.3 Å². The summed E-state index contributed by atoms with van der Waals surface area (Å²) in [4.78, 5) is 9.72. The highest BCUT2D eigenvalue weighted by Gasteiger charge is 2.21. The molecule has 8 nitrogen and oxygen atoms in total. The van der Waals surface area contributed by atoms with E-state index >= 15 is 0 Å². The van der Waals surface area contributed by atoms with E-state index < -0.39 is 0 Å². The Balaban J connectivity index is 1.18. The standard InChI is InChI=1S/C24H28N6O2S2/c1-3-29-22(21-5-4-14-32-21)26-30(24(29)33)17-28-12-10-27(11-13-28)15-19-16-34-23(25-19)18-6-8-20(31-2)9-7-18/h4-9,14,16H,3,10-13,15,17H2,1-2H3. The second-order valence-electron chi connectivity index (χ2n) is 8.24. The molecule has 0 atom stereocenters. The van der Waals surface area contributed by atoms with Gasteiger partial charge in [0.2, 0.25) is 0 Å². The van der Waals surface area contributed by atoms with E-state index in [9.17, 15) is 0 Å². The van der Waals surface area contributed by atoms with Crippen molar-refractivity contribution >= 4 is 23.6 Å². The van der Waals surface area contributed by atoms with Crippen molar-refractivity contribution in [2.24, 2.45) is 0 Å². The van der Waals surface area contributed by atoms with E-state index in [1.165, 1.54) is 0 Å². The number of aromatic nitrogens is 4. The molecule has 4 aromatic rings. The molecular formula is C24H28N6O2S2. The van der Waals surface area contributed by atoms with Gasteiger partial charge in [0, 0.05) is 50.2 Å². The molecule has 4 heterocycles. The number of benzene rings is 1. The van der Waals surface area contributed by atoms with Crippen molar-refractivity contribution < 1.29 is 9.15 Å². The Hall–Kier alpha value is -2.79. The van der Waals surface area contributed by atoms with Crippen molar-refractivity contribution in [3.63, 3.8) is 0 Å². The van der Waals surface area contributed by atoms with E-state index in [2.05, 4.69) is 34.2 Å². The number of thiazole rings is 1. The van der Waals surface area contributed by atoms with Gasteiger partial charge in [-0.3, -0.25) is 14.4 Å². The maximum atomic E-state index is 5.69. The minimum Gasteiger partial charge on any atom is -0.497 e. The van der Waals surface area contributed by atoms with Crippen molar-refractivity contribution in [2.45, 2.75) is 26.7 Å². The van der Waals surface area contributed by atoms with Gasteiger partial charge in [-0.1, -0.05) is 0 Å². The van der Waals surface area contributed by atoms with Gasteiger partial charge in [0.25, 0.3) is 0 Å². The Labute approximate surface area is 208 Å². The summed E-state index contributed by atoms with van der Waals surface area (Å²) in [5.74, 6) is 2.39. The van der Waals surface area contributed by atoms with Crippen LogP contribution >= 0.6 is 23.6 Å². The molecule has 1 saturated heterocycles. The molecule has 0 N–H and O–H groups in total. The van der Waals surface area contributed by atoms with Crippen LogP contribution in [-0.4, -0.2) is 62.4 Å². The molecule has 1 aliphatic heterocycles. The van der Waals surface area contributed by atoms with Crippen LogP contribution in [0.5, 0.6) is 5.75 Å². The molecule has 1 aliphatic rings. The lowest BCUT2D eigenvalue weighted by molar-refractivity contribution is 0.0974. The first-order chi connectivity index (χ1) is 16.6. The molecule has 0 radical (unpaired) electrons. The van der Waals surface area contributed by atoms with Crippen LogP contribution in [0.25, 0.3) is 22.2 Å². The number of nitrogens with zero attached hydrogens (tertiary/aromatic N) is 6. The number of hydrogen-bond acceptors (Lipinski definition) is 8. The van der Waals surface area contributed by atoms with Gasteiger partial charge < -0.3 is 9.15 Å². The molecule has 5 rings (SSSR count). The van der Waals surface area contributed by atoms with E-state index in [1.54, 1.807) is 24.7 Å². The second kappa shape index (κ2) is 10.2. The smallest absolute Gasteiger partial charge is 0.199 e. The van der Waals surface area contributed by atoms with Crippen LogP contribution < -0.4 is 4.74 Å². The van der Waals surface area contributed by atoms with Gasteiger partial charge in [0.05, 0.1) is 25.7 Å². The fourth-order valence-corrected chi connectivity index (χ4v) is 5.29. The van der Waals surface area contributed by atoms with E-state index in [0.717, 1.165) is 77.6 Å². The summed E-state index contributed by atoms with van der Waals surface area (Å²) in [5.41, 5.74) is 2.25. The highest BCUT2D eigenvalue weighted by molar-refractivity contribution is 7.71. The lowest BCUT2D eigenvalue weighted by Gasteiger charge is -2.34. The van der Waals surface area contributed by atoms with Gasteiger partial charge in [0.15, 0.2) is 16.4 Å². The molecule has 0 spiro atoms. The van der Waals surface area contributed by atoms with Gasteiger partial charge in [0.1, 0.15) is 10.8 Å². The zero-order valence-electron chi connectivity index (χ0n) is 19.4. The Morgan fingerprint density at radius 2 is 1.85 bits per heavy atom. The molecule has 3 aromatic heterocycles. The predicted molar refractivity (Wildman–Crippen MR) is 135 cm³/mol. The first-order valence-corrected chi connectivity index (χ1v) is 12.7. The van der Waals surface area contributed by atoms with Gasteiger partial charge in [-0.05, 0) is 55.5 Å². The quantitative estimate of drug-likeness (QED) is 0.330. The van der Waals surface area contributed by atoms with Gasteiger partial charge in [-0.25, -0.2) is 9.67 Å². The number of piperazine rings is 1. The first-order valence-electron chi connectivity index (χ1n) is 11.4. The number of furan rings is 1. The molecule has 0 saturated carbocycles. The van der Waals surface area contributed by atoms with Crippen LogP contribution in [0.15, 0.2) is 52.5 Å². The second-order valence-corrected chi connectivity index (χ2v) is 9.46. The van der Waals surface area contributed by atoms with Crippen LogP contribution in [-0.2, 0) is 19.8 Å². The van der Waals surface area contributed by atoms with E-state index in [-0.39, 0.29) is 0 Å². The van der Waals surface area contributed by atoms with Crippen LogP contribution in [0, 0.1) is 4.77 Å². The molecule has 0 amide bonds.